The van der Waals surface area contributed by atoms with Gasteiger partial charge in [-0.3, -0.25) is 9.59 Å². The van der Waals surface area contributed by atoms with Gasteiger partial charge < -0.3 is 19.9 Å². The maximum Gasteiger partial charge on any atom is 0.252 e. The van der Waals surface area contributed by atoms with Crippen molar-refractivity contribution in [3.63, 3.8) is 0 Å². The highest BCUT2D eigenvalue weighted by atomic mass is 16.5. The lowest BCUT2D eigenvalue weighted by atomic mass is 10.1. The lowest BCUT2D eigenvalue weighted by molar-refractivity contribution is -0.118. The highest BCUT2D eigenvalue weighted by Gasteiger charge is 2.17. The molecular weight excluding hydrogens is 344 g/mol. The Labute approximate surface area is 158 Å². The van der Waals surface area contributed by atoms with Crippen LogP contribution in [-0.4, -0.2) is 62.0 Å². The van der Waals surface area contributed by atoms with Crippen LogP contribution in [0.15, 0.2) is 42.6 Å². The lowest BCUT2D eigenvalue weighted by Gasteiger charge is -2.33. The van der Waals surface area contributed by atoms with E-state index < -0.39 is 0 Å². The number of pyridine rings is 1. The molecule has 7 heteroatoms. The number of aromatic nitrogens is 1. The maximum absolute atomic E-state index is 12.3. The van der Waals surface area contributed by atoms with E-state index in [1.165, 1.54) is 0 Å². The SMILES string of the molecule is COc1ccccc1CCNC(=O)c1ccc(N2CCN(C=O)CC2)nc1. The minimum Gasteiger partial charge on any atom is -0.496 e. The molecule has 7 nitrogen and oxygen atoms in total. The Morgan fingerprint density at radius 1 is 1.19 bits per heavy atom. The number of hydrogen-bond acceptors (Lipinski definition) is 5. The third-order valence-corrected chi connectivity index (χ3v) is 4.67. The second-order valence-corrected chi connectivity index (χ2v) is 6.35. The Morgan fingerprint density at radius 3 is 2.63 bits per heavy atom. The first-order chi connectivity index (χ1) is 13.2. The van der Waals surface area contributed by atoms with Crippen LogP contribution < -0.4 is 15.0 Å². The number of carbonyl (C=O) groups is 2. The fourth-order valence-electron chi connectivity index (χ4n) is 3.09. The van der Waals surface area contributed by atoms with Crippen LogP contribution >= 0.6 is 0 Å². The van der Waals surface area contributed by atoms with Gasteiger partial charge in [-0.25, -0.2) is 4.98 Å². The van der Waals surface area contributed by atoms with Gasteiger partial charge in [-0.1, -0.05) is 18.2 Å². The van der Waals surface area contributed by atoms with Crippen molar-refractivity contribution >= 4 is 18.1 Å². The Kier molecular flexibility index (Phi) is 6.25. The monoisotopic (exact) mass is 368 g/mol. The van der Waals surface area contributed by atoms with Crippen LogP contribution in [0.4, 0.5) is 5.82 Å². The van der Waals surface area contributed by atoms with Crippen molar-refractivity contribution in [2.45, 2.75) is 6.42 Å². The highest BCUT2D eigenvalue weighted by Crippen LogP contribution is 2.17. The molecule has 0 spiro atoms. The topological polar surface area (TPSA) is 74.8 Å². The molecule has 1 aliphatic heterocycles. The van der Waals surface area contributed by atoms with Crippen molar-refractivity contribution in [2.24, 2.45) is 0 Å². The Balaban J connectivity index is 1.51. The first kappa shape index (κ1) is 18.7. The number of benzene rings is 1. The molecule has 2 amide bonds. The van der Waals surface area contributed by atoms with Gasteiger partial charge in [0.05, 0.1) is 12.7 Å². The van der Waals surface area contributed by atoms with E-state index in [0.717, 1.165) is 36.6 Å². The second kappa shape index (κ2) is 9.02. The molecule has 0 saturated carbocycles. The second-order valence-electron chi connectivity index (χ2n) is 6.35. The van der Waals surface area contributed by atoms with Crippen molar-refractivity contribution in [2.75, 3.05) is 44.7 Å². The predicted molar refractivity (Wildman–Crippen MR) is 103 cm³/mol. The standard InChI is InChI=1S/C20H24N4O3/c1-27-18-5-3-2-4-16(18)8-9-21-20(26)17-6-7-19(22-14-17)24-12-10-23(15-25)11-13-24/h2-7,14-15H,8-13H2,1H3,(H,21,26). The van der Waals surface area contributed by atoms with E-state index in [2.05, 4.69) is 15.2 Å². The van der Waals surface area contributed by atoms with Gasteiger partial charge in [0.15, 0.2) is 0 Å². The van der Waals surface area contributed by atoms with E-state index in [9.17, 15) is 9.59 Å². The van der Waals surface area contributed by atoms with Crippen LogP contribution in [0.5, 0.6) is 5.75 Å². The summed E-state index contributed by atoms with van der Waals surface area (Å²) in [7, 11) is 1.64. The average molecular weight is 368 g/mol. The Hall–Kier alpha value is -3.09. The zero-order valence-corrected chi connectivity index (χ0v) is 15.4. The molecule has 1 saturated heterocycles. The van der Waals surface area contributed by atoms with Gasteiger partial charge in [0.2, 0.25) is 6.41 Å². The molecule has 2 aromatic rings. The third kappa shape index (κ3) is 4.75. The first-order valence-corrected chi connectivity index (χ1v) is 9.01. The molecule has 1 aromatic heterocycles. The highest BCUT2D eigenvalue weighted by molar-refractivity contribution is 5.94. The van der Waals surface area contributed by atoms with Gasteiger partial charge in [0.1, 0.15) is 11.6 Å². The summed E-state index contributed by atoms with van der Waals surface area (Å²) in [5, 5.41) is 2.92. The Bertz CT molecular complexity index is 771. The number of anilines is 1. The average Bonchev–Trinajstić information content (AvgIpc) is 2.74. The largest absolute Gasteiger partial charge is 0.496 e. The summed E-state index contributed by atoms with van der Waals surface area (Å²) in [5.74, 6) is 1.51. The molecule has 0 radical (unpaired) electrons. The minimum absolute atomic E-state index is 0.144. The molecule has 27 heavy (non-hydrogen) atoms. The van der Waals surface area contributed by atoms with Gasteiger partial charge in [-0.2, -0.15) is 0 Å². The molecular formula is C20H24N4O3. The van der Waals surface area contributed by atoms with Crippen molar-refractivity contribution in [1.82, 2.24) is 15.2 Å². The molecule has 2 heterocycles. The summed E-state index contributed by atoms with van der Waals surface area (Å²) < 4.78 is 5.32. The normalized spacial score (nSPS) is 14.0. The zero-order chi connectivity index (χ0) is 19.1. The minimum atomic E-state index is -0.144. The summed E-state index contributed by atoms with van der Waals surface area (Å²) in [6.45, 7) is 3.40. The molecule has 0 bridgehead atoms. The molecule has 0 unspecified atom stereocenters. The molecule has 0 atom stereocenters. The number of ether oxygens (including phenoxy) is 1. The summed E-state index contributed by atoms with van der Waals surface area (Å²) in [6, 6.07) is 11.4. The number of nitrogens with zero attached hydrogens (tertiary/aromatic N) is 3. The Morgan fingerprint density at radius 2 is 1.96 bits per heavy atom. The fourth-order valence-corrected chi connectivity index (χ4v) is 3.09. The lowest BCUT2D eigenvalue weighted by Crippen LogP contribution is -2.46. The number of rotatable bonds is 7. The summed E-state index contributed by atoms with van der Waals surface area (Å²) >= 11 is 0. The number of para-hydroxylation sites is 1. The van der Waals surface area contributed by atoms with E-state index >= 15 is 0 Å². The smallest absolute Gasteiger partial charge is 0.252 e. The van der Waals surface area contributed by atoms with Crippen molar-refractivity contribution in [3.8, 4) is 5.75 Å². The van der Waals surface area contributed by atoms with Crippen LogP contribution in [0.25, 0.3) is 0 Å². The quantitative estimate of drug-likeness (QED) is 0.747. The number of piperazine rings is 1. The van der Waals surface area contributed by atoms with Crippen molar-refractivity contribution in [3.05, 3.63) is 53.7 Å². The van der Waals surface area contributed by atoms with Gasteiger partial charge in [0, 0.05) is 38.9 Å². The molecule has 142 valence electrons. The van der Waals surface area contributed by atoms with Crippen LogP contribution in [0.1, 0.15) is 15.9 Å². The molecule has 1 aliphatic rings. The van der Waals surface area contributed by atoms with Gasteiger partial charge >= 0.3 is 0 Å². The third-order valence-electron chi connectivity index (χ3n) is 4.67. The van der Waals surface area contributed by atoms with Crippen LogP contribution in [-0.2, 0) is 11.2 Å². The number of carbonyl (C=O) groups excluding carboxylic acids is 2. The summed E-state index contributed by atoms with van der Waals surface area (Å²) in [4.78, 5) is 31.4. The maximum atomic E-state index is 12.3. The van der Waals surface area contributed by atoms with Crippen LogP contribution in [0.3, 0.4) is 0 Å². The number of methoxy groups -OCH3 is 1. The zero-order valence-electron chi connectivity index (χ0n) is 15.4. The van der Waals surface area contributed by atoms with Gasteiger partial charge in [0.25, 0.3) is 5.91 Å². The van der Waals surface area contributed by atoms with E-state index in [0.29, 0.717) is 31.6 Å². The van der Waals surface area contributed by atoms with Crippen LogP contribution in [0, 0.1) is 0 Å². The molecule has 3 rings (SSSR count). The molecule has 0 aliphatic carbocycles. The van der Waals surface area contributed by atoms with E-state index in [4.69, 9.17) is 4.74 Å². The van der Waals surface area contributed by atoms with Crippen molar-refractivity contribution < 1.29 is 14.3 Å². The molecule has 1 fully saturated rings. The predicted octanol–water partition coefficient (Wildman–Crippen LogP) is 1.34. The summed E-state index contributed by atoms with van der Waals surface area (Å²) in [6.07, 6.45) is 3.17. The van der Waals surface area contributed by atoms with E-state index in [-0.39, 0.29) is 5.91 Å². The van der Waals surface area contributed by atoms with Gasteiger partial charge in [-0.05, 0) is 30.2 Å². The summed E-state index contributed by atoms with van der Waals surface area (Å²) in [5.41, 5.74) is 1.59. The first-order valence-electron chi connectivity index (χ1n) is 9.01. The van der Waals surface area contributed by atoms with Gasteiger partial charge in [-0.15, -0.1) is 0 Å². The van der Waals surface area contributed by atoms with E-state index in [1.807, 2.05) is 30.3 Å². The van der Waals surface area contributed by atoms with E-state index in [1.54, 1.807) is 24.3 Å². The number of hydrogen-bond donors (Lipinski definition) is 1. The van der Waals surface area contributed by atoms with Crippen LogP contribution in [0.2, 0.25) is 0 Å². The molecule has 1 N–H and O–H groups in total. The molecule has 1 aromatic carbocycles. The number of amides is 2. The number of nitrogens with one attached hydrogen (secondary N) is 1. The fraction of sp³-hybridized carbons (Fsp3) is 0.350. The van der Waals surface area contributed by atoms with Crippen molar-refractivity contribution in [1.29, 1.82) is 0 Å².